The molecule has 1 atom stereocenters. The summed E-state index contributed by atoms with van der Waals surface area (Å²) in [6, 6.07) is 4.18. The first-order valence-corrected chi connectivity index (χ1v) is 6.40. The Morgan fingerprint density at radius 1 is 1.42 bits per heavy atom. The second-order valence-corrected chi connectivity index (χ2v) is 5.21. The Morgan fingerprint density at radius 3 is 2.58 bits per heavy atom. The van der Waals surface area contributed by atoms with Crippen molar-refractivity contribution in [3.8, 4) is 5.75 Å². The van der Waals surface area contributed by atoms with E-state index in [0.717, 1.165) is 16.9 Å². The third-order valence-electron chi connectivity index (χ3n) is 3.15. The highest BCUT2D eigenvalue weighted by atomic mass is 16.5. The van der Waals surface area contributed by atoms with E-state index in [4.69, 9.17) is 9.84 Å². The molecular formula is C15H23NO3. The minimum atomic E-state index is -0.765. The lowest BCUT2D eigenvalue weighted by Gasteiger charge is -2.21. The Kier molecular flexibility index (Phi) is 5.36. The molecule has 0 aliphatic rings. The number of carboxylic acids is 1. The van der Waals surface area contributed by atoms with Gasteiger partial charge in [-0.3, -0.25) is 4.79 Å². The fourth-order valence-corrected chi connectivity index (χ4v) is 2.35. The smallest absolute Gasteiger partial charge is 0.307 e. The molecule has 0 spiro atoms. The minimum absolute atomic E-state index is 0.373. The number of nitrogens with zero attached hydrogens (tertiary/aromatic N) is 1. The summed E-state index contributed by atoms with van der Waals surface area (Å²) in [5, 5.41) is 8.93. The lowest BCUT2D eigenvalue weighted by molar-refractivity contribution is -0.141. The van der Waals surface area contributed by atoms with E-state index in [9.17, 15) is 4.79 Å². The van der Waals surface area contributed by atoms with Crippen molar-refractivity contribution in [1.29, 1.82) is 0 Å². The van der Waals surface area contributed by atoms with Crippen LogP contribution in [0.4, 0.5) is 0 Å². The molecule has 1 aromatic carbocycles. The fourth-order valence-electron chi connectivity index (χ4n) is 2.35. The van der Waals surface area contributed by atoms with Crippen LogP contribution in [0, 0.1) is 19.8 Å². The van der Waals surface area contributed by atoms with Gasteiger partial charge in [0.2, 0.25) is 0 Å². The van der Waals surface area contributed by atoms with Gasteiger partial charge in [-0.15, -0.1) is 0 Å². The van der Waals surface area contributed by atoms with Gasteiger partial charge in [-0.2, -0.15) is 0 Å². The predicted octanol–water partition coefficient (Wildman–Crippen LogP) is 2.46. The molecule has 0 aromatic heterocycles. The van der Waals surface area contributed by atoms with Crippen molar-refractivity contribution in [2.45, 2.75) is 27.3 Å². The zero-order chi connectivity index (χ0) is 14.6. The highest BCUT2D eigenvalue weighted by molar-refractivity contribution is 5.69. The second-order valence-electron chi connectivity index (χ2n) is 5.21. The monoisotopic (exact) mass is 265 g/mol. The molecule has 0 aliphatic heterocycles. The number of hydrogen-bond acceptors (Lipinski definition) is 3. The highest BCUT2D eigenvalue weighted by Crippen LogP contribution is 2.26. The molecule has 0 fully saturated rings. The largest absolute Gasteiger partial charge is 0.496 e. The summed E-state index contributed by atoms with van der Waals surface area (Å²) in [5.41, 5.74) is 3.39. The third-order valence-corrected chi connectivity index (χ3v) is 3.15. The van der Waals surface area contributed by atoms with Gasteiger partial charge in [0.05, 0.1) is 13.0 Å². The molecule has 0 bridgehead atoms. The summed E-state index contributed by atoms with van der Waals surface area (Å²) in [6.45, 7) is 7.00. The molecule has 0 amide bonds. The van der Waals surface area contributed by atoms with Crippen LogP contribution in [-0.2, 0) is 11.3 Å². The Balaban J connectivity index is 2.84. The maximum Gasteiger partial charge on any atom is 0.307 e. The Bertz CT molecular complexity index is 457. The van der Waals surface area contributed by atoms with E-state index < -0.39 is 5.97 Å². The number of aliphatic carboxylic acids is 1. The Labute approximate surface area is 115 Å². The topological polar surface area (TPSA) is 49.8 Å². The molecule has 0 saturated carbocycles. The Hall–Kier alpha value is -1.55. The molecule has 1 N–H and O–H groups in total. The van der Waals surface area contributed by atoms with Gasteiger partial charge in [0.1, 0.15) is 5.75 Å². The van der Waals surface area contributed by atoms with Crippen LogP contribution in [0.3, 0.4) is 0 Å². The van der Waals surface area contributed by atoms with Crippen molar-refractivity contribution in [1.82, 2.24) is 4.90 Å². The first-order chi connectivity index (χ1) is 8.85. The number of aryl methyl sites for hydroxylation is 2. The molecule has 4 heteroatoms. The number of methoxy groups -OCH3 is 1. The summed E-state index contributed by atoms with van der Waals surface area (Å²) < 4.78 is 5.44. The lowest BCUT2D eigenvalue weighted by atomic mass is 10.0. The zero-order valence-corrected chi connectivity index (χ0v) is 12.4. The van der Waals surface area contributed by atoms with E-state index in [-0.39, 0.29) is 5.92 Å². The van der Waals surface area contributed by atoms with E-state index in [1.807, 2.05) is 18.9 Å². The van der Waals surface area contributed by atoms with Crippen LogP contribution >= 0.6 is 0 Å². The molecule has 0 radical (unpaired) electrons. The van der Waals surface area contributed by atoms with Crippen LogP contribution in [0.15, 0.2) is 12.1 Å². The number of rotatable bonds is 6. The van der Waals surface area contributed by atoms with Crippen LogP contribution in [-0.4, -0.2) is 36.7 Å². The minimum Gasteiger partial charge on any atom is -0.496 e. The first kappa shape index (κ1) is 15.5. The molecule has 0 heterocycles. The van der Waals surface area contributed by atoms with Gasteiger partial charge in [-0.05, 0) is 26.5 Å². The summed E-state index contributed by atoms with van der Waals surface area (Å²) in [7, 11) is 3.59. The number of carboxylic acid groups (broad SMARTS) is 1. The molecule has 0 aliphatic carbocycles. The molecule has 19 heavy (non-hydrogen) atoms. The van der Waals surface area contributed by atoms with Crippen LogP contribution < -0.4 is 4.74 Å². The quantitative estimate of drug-likeness (QED) is 0.858. The SMILES string of the molecule is COc1c(C)cc(C)cc1CN(C)CC(C)C(=O)O. The highest BCUT2D eigenvalue weighted by Gasteiger charge is 2.15. The fraction of sp³-hybridized carbons (Fsp3) is 0.533. The normalized spacial score (nSPS) is 12.5. The number of benzene rings is 1. The molecule has 106 valence electrons. The predicted molar refractivity (Wildman–Crippen MR) is 75.6 cm³/mol. The average Bonchev–Trinajstić information content (AvgIpc) is 2.27. The van der Waals surface area contributed by atoms with Gasteiger partial charge in [0.25, 0.3) is 0 Å². The summed E-state index contributed by atoms with van der Waals surface area (Å²) in [5.74, 6) is -0.249. The van der Waals surface area contributed by atoms with Crippen LogP contribution in [0.5, 0.6) is 5.75 Å². The number of hydrogen-bond donors (Lipinski definition) is 1. The van der Waals surface area contributed by atoms with Crippen molar-refractivity contribution in [3.05, 3.63) is 28.8 Å². The van der Waals surface area contributed by atoms with Crippen molar-refractivity contribution >= 4 is 5.97 Å². The van der Waals surface area contributed by atoms with Gasteiger partial charge < -0.3 is 14.7 Å². The third kappa shape index (κ3) is 4.24. The van der Waals surface area contributed by atoms with Crippen LogP contribution in [0.25, 0.3) is 0 Å². The van der Waals surface area contributed by atoms with Crippen molar-refractivity contribution < 1.29 is 14.6 Å². The maximum absolute atomic E-state index is 10.9. The van der Waals surface area contributed by atoms with E-state index in [2.05, 4.69) is 19.1 Å². The van der Waals surface area contributed by atoms with Gasteiger partial charge in [0.15, 0.2) is 0 Å². The summed E-state index contributed by atoms with van der Waals surface area (Å²) >= 11 is 0. The van der Waals surface area contributed by atoms with Crippen molar-refractivity contribution in [2.24, 2.45) is 5.92 Å². The summed E-state index contributed by atoms with van der Waals surface area (Å²) in [4.78, 5) is 12.9. The molecule has 1 aromatic rings. The van der Waals surface area contributed by atoms with Crippen LogP contribution in [0.1, 0.15) is 23.6 Å². The van der Waals surface area contributed by atoms with Gasteiger partial charge in [0, 0.05) is 18.7 Å². The Morgan fingerprint density at radius 2 is 2.05 bits per heavy atom. The molecule has 0 saturated heterocycles. The second kappa shape index (κ2) is 6.57. The van der Waals surface area contributed by atoms with Crippen molar-refractivity contribution in [3.63, 3.8) is 0 Å². The van der Waals surface area contributed by atoms with E-state index >= 15 is 0 Å². The van der Waals surface area contributed by atoms with E-state index in [1.54, 1.807) is 14.0 Å². The number of carbonyl (C=O) groups is 1. The molecule has 4 nitrogen and oxygen atoms in total. The van der Waals surface area contributed by atoms with E-state index in [0.29, 0.717) is 13.1 Å². The number of ether oxygens (including phenoxy) is 1. The summed E-state index contributed by atoms with van der Waals surface area (Å²) in [6.07, 6.45) is 0. The van der Waals surface area contributed by atoms with Crippen molar-refractivity contribution in [2.75, 3.05) is 20.7 Å². The lowest BCUT2D eigenvalue weighted by Crippen LogP contribution is -2.28. The maximum atomic E-state index is 10.9. The van der Waals surface area contributed by atoms with Gasteiger partial charge in [-0.25, -0.2) is 0 Å². The first-order valence-electron chi connectivity index (χ1n) is 6.40. The molecular weight excluding hydrogens is 242 g/mol. The molecule has 1 unspecified atom stereocenters. The van der Waals surface area contributed by atoms with Gasteiger partial charge in [-0.1, -0.05) is 24.6 Å². The van der Waals surface area contributed by atoms with E-state index in [1.165, 1.54) is 5.56 Å². The average molecular weight is 265 g/mol. The standard InChI is InChI=1S/C15H23NO3/c1-10-6-11(2)14(19-5)13(7-10)9-16(4)8-12(3)15(17)18/h6-7,12H,8-9H2,1-5H3,(H,17,18). The van der Waals surface area contributed by atoms with Crippen LogP contribution in [0.2, 0.25) is 0 Å². The van der Waals surface area contributed by atoms with Gasteiger partial charge >= 0.3 is 5.97 Å². The zero-order valence-electron chi connectivity index (χ0n) is 12.4. The molecule has 1 rings (SSSR count).